The lowest BCUT2D eigenvalue weighted by Crippen LogP contribution is -2.50. The number of benzene rings is 1. The van der Waals surface area contributed by atoms with Crippen LogP contribution in [0.4, 0.5) is 5.13 Å². The molecule has 2 aromatic rings. The zero-order valence-corrected chi connectivity index (χ0v) is 13.0. The fourth-order valence-corrected chi connectivity index (χ4v) is 3.54. The van der Waals surface area contributed by atoms with Gasteiger partial charge >= 0.3 is 0 Å². The number of carbonyl (C=O) groups excluding carboxylic acids is 1. The Labute approximate surface area is 128 Å². The molecule has 6 heteroatoms. The van der Waals surface area contributed by atoms with E-state index in [1.807, 2.05) is 30.0 Å². The Morgan fingerprint density at radius 3 is 2.71 bits per heavy atom. The molecule has 0 saturated carbocycles. The number of carbonyl (C=O) groups is 1. The van der Waals surface area contributed by atoms with Gasteiger partial charge in [0.05, 0.1) is 10.2 Å². The molecule has 0 radical (unpaired) electrons. The molecule has 5 nitrogen and oxygen atoms in total. The summed E-state index contributed by atoms with van der Waals surface area (Å²) in [6.45, 7) is 5.48. The number of hydrogen-bond acceptors (Lipinski definition) is 5. The SMILES string of the molecule is CC(CN)C(=O)N1CCN(c2nc3ccccc3s2)CC1. The average Bonchev–Trinajstić information content (AvgIpc) is 2.97. The van der Waals surface area contributed by atoms with Crippen LogP contribution in [0.25, 0.3) is 10.2 Å². The van der Waals surface area contributed by atoms with E-state index in [0.717, 1.165) is 36.8 Å². The Morgan fingerprint density at radius 2 is 2.05 bits per heavy atom. The van der Waals surface area contributed by atoms with Crippen molar-refractivity contribution >= 4 is 32.6 Å². The molecule has 0 aliphatic carbocycles. The Hall–Kier alpha value is -1.66. The summed E-state index contributed by atoms with van der Waals surface area (Å²) < 4.78 is 1.21. The van der Waals surface area contributed by atoms with Crippen LogP contribution in [0.5, 0.6) is 0 Å². The van der Waals surface area contributed by atoms with Crippen molar-refractivity contribution in [1.29, 1.82) is 0 Å². The second-order valence-corrected chi connectivity index (χ2v) is 6.42. The summed E-state index contributed by atoms with van der Waals surface area (Å²) in [5, 5.41) is 1.05. The molecule has 2 heterocycles. The summed E-state index contributed by atoms with van der Waals surface area (Å²) >= 11 is 1.72. The number of rotatable bonds is 3. The average molecular weight is 304 g/mol. The van der Waals surface area contributed by atoms with E-state index in [0.29, 0.717) is 6.54 Å². The van der Waals surface area contributed by atoms with E-state index >= 15 is 0 Å². The van der Waals surface area contributed by atoms with Crippen LogP contribution in [0.2, 0.25) is 0 Å². The van der Waals surface area contributed by atoms with Gasteiger partial charge in [-0.3, -0.25) is 4.79 Å². The molecule has 1 amide bonds. The van der Waals surface area contributed by atoms with Crippen molar-refractivity contribution in [2.45, 2.75) is 6.92 Å². The van der Waals surface area contributed by atoms with Gasteiger partial charge in [0.2, 0.25) is 5.91 Å². The molecule has 1 aromatic carbocycles. The maximum atomic E-state index is 12.1. The van der Waals surface area contributed by atoms with E-state index in [1.165, 1.54) is 4.70 Å². The number of aromatic nitrogens is 1. The molecule has 1 aliphatic heterocycles. The largest absolute Gasteiger partial charge is 0.345 e. The normalized spacial score (nSPS) is 17.2. The number of hydrogen-bond donors (Lipinski definition) is 1. The molecule has 2 N–H and O–H groups in total. The summed E-state index contributed by atoms with van der Waals surface area (Å²) in [6.07, 6.45) is 0. The molecule has 1 aromatic heterocycles. The van der Waals surface area contributed by atoms with Gasteiger partial charge in [-0.2, -0.15) is 0 Å². The molecule has 1 fully saturated rings. The quantitative estimate of drug-likeness (QED) is 0.934. The molecule has 1 aliphatic rings. The number of para-hydroxylation sites is 1. The first kappa shape index (κ1) is 14.3. The molecule has 1 unspecified atom stereocenters. The zero-order chi connectivity index (χ0) is 14.8. The van der Waals surface area contributed by atoms with Crippen molar-refractivity contribution in [1.82, 2.24) is 9.88 Å². The Kier molecular flexibility index (Phi) is 4.07. The van der Waals surface area contributed by atoms with Gasteiger partial charge in [-0.25, -0.2) is 4.98 Å². The molecule has 1 atom stereocenters. The minimum atomic E-state index is -0.0843. The molecular weight excluding hydrogens is 284 g/mol. The van der Waals surface area contributed by atoms with Crippen LogP contribution in [0, 0.1) is 5.92 Å². The first-order valence-electron chi connectivity index (χ1n) is 7.28. The second kappa shape index (κ2) is 5.99. The van der Waals surface area contributed by atoms with Crippen LogP contribution in [0.15, 0.2) is 24.3 Å². The van der Waals surface area contributed by atoms with E-state index in [2.05, 4.69) is 16.0 Å². The molecule has 21 heavy (non-hydrogen) atoms. The summed E-state index contributed by atoms with van der Waals surface area (Å²) in [5.74, 6) is 0.0838. The van der Waals surface area contributed by atoms with Crippen molar-refractivity contribution in [3.8, 4) is 0 Å². The van der Waals surface area contributed by atoms with E-state index < -0.39 is 0 Å². The highest BCUT2D eigenvalue weighted by Crippen LogP contribution is 2.29. The van der Waals surface area contributed by atoms with Gasteiger partial charge in [0.1, 0.15) is 0 Å². The third-order valence-electron chi connectivity index (χ3n) is 3.92. The van der Waals surface area contributed by atoms with Gasteiger partial charge in [-0.15, -0.1) is 0 Å². The number of nitrogens with zero attached hydrogens (tertiary/aromatic N) is 3. The summed E-state index contributed by atoms with van der Waals surface area (Å²) in [5.41, 5.74) is 6.62. The second-order valence-electron chi connectivity index (χ2n) is 5.41. The first-order chi connectivity index (χ1) is 10.2. The van der Waals surface area contributed by atoms with Gasteiger partial charge in [0, 0.05) is 38.6 Å². The predicted octanol–water partition coefficient (Wildman–Crippen LogP) is 1.54. The fourth-order valence-electron chi connectivity index (χ4n) is 2.53. The summed E-state index contributed by atoms with van der Waals surface area (Å²) in [4.78, 5) is 21.0. The highest BCUT2D eigenvalue weighted by Gasteiger charge is 2.25. The number of piperazine rings is 1. The lowest BCUT2D eigenvalue weighted by atomic mass is 10.1. The van der Waals surface area contributed by atoms with Gasteiger partial charge in [0.15, 0.2) is 5.13 Å². The van der Waals surface area contributed by atoms with Crippen molar-refractivity contribution in [3.05, 3.63) is 24.3 Å². The topological polar surface area (TPSA) is 62.5 Å². The maximum Gasteiger partial charge on any atom is 0.226 e. The minimum Gasteiger partial charge on any atom is -0.345 e. The number of nitrogens with two attached hydrogens (primary N) is 1. The van der Waals surface area contributed by atoms with E-state index in [1.54, 1.807) is 11.3 Å². The summed E-state index contributed by atoms with van der Waals surface area (Å²) in [7, 11) is 0. The van der Waals surface area contributed by atoms with Crippen LogP contribution >= 0.6 is 11.3 Å². The predicted molar refractivity (Wildman–Crippen MR) is 86.6 cm³/mol. The van der Waals surface area contributed by atoms with E-state index in [9.17, 15) is 4.79 Å². The number of anilines is 1. The third-order valence-corrected chi connectivity index (χ3v) is 5.02. The van der Waals surface area contributed by atoms with Crippen molar-refractivity contribution in [2.75, 3.05) is 37.6 Å². The highest BCUT2D eigenvalue weighted by atomic mass is 32.1. The Bertz CT molecular complexity index is 600. The highest BCUT2D eigenvalue weighted by molar-refractivity contribution is 7.22. The van der Waals surface area contributed by atoms with Crippen LogP contribution in [-0.2, 0) is 4.79 Å². The maximum absolute atomic E-state index is 12.1. The van der Waals surface area contributed by atoms with Crippen molar-refractivity contribution < 1.29 is 4.79 Å². The van der Waals surface area contributed by atoms with Crippen LogP contribution in [-0.4, -0.2) is 48.5 Å². The van der Waals surface area contributed by atoms with Gasteiger partial charge < -0.3 is 15.5 Å². The van der Waals surface area contributed by atoms with Crippen molar-refractivity contribution in [3.63, 3.8) is 0 Å². The fraction of sp³-hybridized carbons (Fsp3) is 0.467. The molecular formula is C15H20N4OS. The van der Waals surface area contributed by atoms with E-state index in [-0.39, 0.29) is 11.8 Å². The molecule has 0 bridgehead atoms. The molecule has 3 rings (SSSR count). The Morgan fingerprint density at radius 1 is 1.33 bits per heavy atom. The van der Waals surface area contributed by atoms with Crippen LogP contribution in [0.1, 0.15) is 6.92 Å². The molecule has 1 saturated heterocycles. The van der Waals surface area contributed by atoms with Crippen molar-refractivity contribution in [2.24, 2.45) is 11.7 Å². The van der Waals surface area contributed by atoms with Crippen LogP contribution < -0.4 is 10.6 Å². The smallest absolute Gasteiger partial charge is 0.226 e. The molecule has 112 valence electrons. The lowest BCUT2D eigenvalue weighted by Gasteiger charge is -2.35. The number of fused-ring (bicyclic) bond motifs is 1. The van der Waals surface area contributed by atoms with Gasteiger partial charge in [-0.05, 0) is 12.1 Å². The standard InChI is InChI=1S/C15H20N4OS/c1-11(10-16)14(20)18-6-8-19(9-7-18)15-17-12-4-2-3-5-13(12)21-15/h2-5,11H,6-10,16H2,1H3. The van der Waals surface area contributed by atoms with E-state index in [4.69, 9.17) is 5.73 Å². The van der Waals surface area contributed by atoms with Gasteiger partial charge in [0.25, 0.3) is 0 Å². The first-order valence-corrected chi connectivity index (χ1v) is 8.10. The summed E-state index contributed by atoms with van der Waals surface area (Å²) in [6, 6.07) is 8.18. The number of amides is 1. The monoisotopic (exact) mass is 304 g/mol. The van der Waals surface area contributed by atoms with Crippen LogP contribution in [0.3, 0.4) is 0 Å². The lowest BCUT2D eigenvalue weighted by molar-refractivity contribution is -0.134. The van der Waals surface area contributed by atoms with Gasteiger partial charge in [-0.1, -0.05) is 30.4 Å². The Balaban J connectivity index is 1.67. The number of thiazole rings is 1. The third kappa shape index (κ3) is 2.87. The molecule has 0 spiro atoms. The zero-order valence-electron chi connectivity index (χ0n) is 12.2. The minimum absolute atomic E-state index is 0.0843.